The van der Waals surface area contributed by atoms with E-state index in [0.717, 1.165) is 25.1 Å². The van der Waals surface area contributed by atoms with Gasteiger partial charge in [0.05, 0.1) is 0 Å². The lowest BCUT2D eigenvalue weighted by atomic mass is 10.2. The van der Waals surface area contributed by atoms with Crippen molar-refractivity contribution in [2.24, 2.45) is 5.73 Å². The second-order valence-electron chi connectivity index (χ2n) is 4.01. The molecule has 1 aliphatic rings. The van der Waals surface area contributed by atoms with Gasteiger partial charge >= 0.3 is 0 Å². The van der Waals surface area contributed by atoms with Crippen molar-refractivity contribution in [2.45, 2.75) is 26.3 Å². The summed E-state index contributed by atoms with van der Waals surface area (Å²) < 4.78 is 2.24. The Kier molecular flexibility index (Phi) is 3.30. The van der Waals surface area contributed by atoms with Gasteiger partial charge in [-0.2, -0.15) is 0 Å². The highest BCUT2D eigenvalue weighted by Crippen LogP contribution is 2.18. The molecule has 1 heterocycles. The zero-order valence-electron chi connectivity index (χ0n) is 9.69. The van der Waals surface area contributed by atoms with Crippen LogP contribution in [0.5, 0.6) is 0 Å². The van der Waals surface area contributed by atoms with Gasteiger partial charge < -0.3 is 10.3 Å². The van der Waals surface area contributed by atoms with Crippen LogP contribution in [-0.4, -0.2) is 4.57 Å². The number of hydrogen-bond acceptors (Lipinski definition) is 1. The fourth-order valence-electron chi connectivity index (χ4n) is 1.92. The maximum atomic E-state index is 5.88. The Balaban J connectivity index is 2.26. The number of nitrogens with zero attached hydrogens (tertiary/aromatic N) is 1. The molecular formula is C14H18N2. The second-order valence-corrected chi connectivity index (χ2v) is 4.01. The monoisotopic (exact) mass is 214 g/mol. The molecule has 1 aromatic heterocycles. The van der Waals surface area contributed by atoms with Gasteiger partial charge in [-0.15, -0.1) is 0 Å². The van der Waals surface area contributed by atoms with Crippen molar-refractivity contribution < 1.29 is 0 Å². The highest BCUT2D eigenvalue weighted by Gasteiger charge is 2.07. The summed E-state index contributed by atoms with van der Waals surface area (Å²) in [5.74, 6) is 0. The van der Waals surface area contributed by atoms with Crippen LogP contribution in [0, 0.1) is 0 Å². The number of allylic oxidation sites excluding steroid dienone is 4. The quantitative estimate of drug-likeness (QED) is 0.771. The van der Waals surface area contributed by atoms with Gasteiger partial charge in [-0.3, -0.25) is 0 Å². The van der Waals surface area contributed by atoms with Crippen molar-refractivity contribution in [2.75, 3.05) is 0 Å². The zero-order valence-corrected chi connectivity index (χ0v) is 9.69. The summed E-state index contributed by atoms with van der Waals surface area (Å²) in [6.07, 6.45) is 14.7. The summed E-state index contributed by atoms with van der Waals surface area (Å²) in [5, 5.41) is 0. The molecule has 0 amide bonds. The van der Waals surface area contributed by atoms with Crippen molar-refractivity contribution in [3.8, 4) is 0 Å². The van der Waals surface area contributed by atoms with Crippen LogP contribution in [0.15, 0.2) is 42.3 Å². The van der Waals surface area contributed by atoms with E-state index in [0.29, 0.717) is 0 Å². The molecule has 0 saturated heterocycles. The fraction of sp³-hybridized carbons (Fsp3) is 0.286. The fourth-order valence-corrected chi connectivity index (χ4v) is 1.92. The predicted molar refractivity (Wildman–Crippen MR) is 68.9 cm³/mol. The highest BCUT2D eigenvalue weighted by molar-refractivity contribution is 5.58. The van der Waals surface area contributed by atoms with Crippen LogP contribution >= 0.6 is 0 Å². The molecular weight excluding hydrogens is 196 g/mol. The van der Waals surface area contributed by atoms with Gasteiger partial charge in [0.2, 0.25) is 0 Å². The number of nitrogens with two attached hydrogens (primary N) is 1. The molecule has 2 rings (SSSR count). The third-order valence-electron chi connectivity index (χ3n) is 2.75. The second kappa shape index (κ2) is 4.88. The van der Waals surface area contributed by atoms with E-state index in [1.165, 1.54) is 11.3 Å². The van der Waals surface area contributed by atoms with E-state index < -0.39 is 0 Å². The van der Waals surface area contributed by atoms with Crippen molar-refractivity contribution in [3.05, 3.63) is 53.5 Å². The van der Waals surface area contributed by atoms with Gasteiger partial charge in [0, 0.05) is 24.1 Å². The Morgan fingerprint density at radius 3 is 3.12 bits per heavy atom. The standard InChI is InChI=1S/C14H18N2/c1-2-3-4-9-16-10-8-12-6-5-7-13(15)11-14(12)16/h3-5,7-8,10-11H,2,6,9,15H2,1H3/b4-3+. The van der Waals surface area contributed by atoms with E-state index in [4.69, 9.17) is 5.73 Å². The average molecular weight is 214 g/mol. The van der Waals surface area contributed by atoms with E-state index in [1.807, 2.05) is 6.08 Å². The Hall–Kier alpha value is -1.70. The molecule has 0 fully saturated rings. The minimum Gasteiger partial charge on any atom is -0.399 e. The molecule has 0 radical (unpaired) electrons. The third kappa shape index (κ3) is 2.27. The molecule has 0 aromatic carbocycles. The number of aromatic nitrogens is 1. The first-order valence-corrected chi connectivity index (χ1v) is 5.78. The van der Waals surface area contributed by atoms with Gasteiger partial charge in [0.15, 0.2) is 0 Å². The lowest BCUT2D eigenvalue weighted by Crippen LogP contribution is -1.99. The molecule has 2 nitrogen and oxygen atoms in total. The minimum absolute atomic E-state index is 0.832. The smallest absolute Gasteiger partial charge is 0.0465 e. The maximum absolute atomic E-state index is 5.88. The van der Waals surface area contributed by atoms with Crippen molar-refractivity contribution in [1.29, 1.82) is 0 Å². The molecule has 0 aliphatic heterocycles. The molecule has 0 bridgehead atoms. The van der Waals surface area contributed by atoms with Crippen LogP contribution in [0.3, 0.4) is 0 Å². The Labute approximate surface area is 96.8 Å². The summed E-state index contributed by atoms with van der Waals surface area (Å²) >= 11 is 0. The van der Waals surface area contributed by atoms with Gasteiger partial charge in [-0.25, -0.2) is 0 Å². The molecule has 0 unspecified atom stereocenters. The van der Waals surface area contributed by atoms with Crippen LogP contribution in [0.4, 0.5) is 0 Å². The molecule has 84 valence electrons. The predicted octanol–water partition coefficient (Wildman–Crippen LogP) is 2.87. The minimum atomic E-state index is 0.832. The number of rotatable bonds is 3. The Morgan fingerprint density at radius 1 is 1.44 bits per heavy atom. The van der Waals surface area contributed by atoms with Gasteiger partial charge in [0.1, 0.15) is 0 Å². The summed E-state index contributed by atoms with van der Waals surface area (Å²) in [4.78, 5) is 0. The lowest BCUT2D eigenvalue weighted by molar-refractivity contribution is 0.813. The van der Waals surface area contributed by atoms with E-state index in [2.05, 4.69) is 48.1 Å². The average Bonchev–Trinajstić information content (AvgIpc) is 2.54. The van der Waals surface area contributed by atoms with E-state index in [-0.39, 0.29) is 0 Å². The summed E-state index contributed by atoms with van der Waals surface area (Å²) in [6, 6.07) is 2.18. The molecule has 1 aromatic rings. The van der Waals surface area contributed by atoms with Gasteiger partial charge in [-0.1, -0.05) is 25.2 Å². The van der Waals surface area contributed by atoms with Gasteiger partial charge in [0.25, 0.3) is 0 Å². The van der Waals surface area contributed by atoms with Crippen LogP contribution in [0.1, 0.15) is 24.6 Å². The van der Waals surface area contributed by atoms with Crippen LogP contribution in [-0.2, 0) is 13.0 Å². The van der Waals surface area contributed by atoms with Crippen molar-refractivity contribution >= 4 is 6.08 Å². The third-order valence-corrected chi connectivity index (χ3v) is 2.75. The molecule has 16 heavy (non-hydrogen) atoms. The summed E-state index contributed by atoms with van der Waals surface area (Å²) in [7, 11) is 0. The first-order chi connectivity index (χ1) is 7.81. The topological polar surface area (TPSA) is 30.9 Å². The first-order valence-electron chi connectivity index (χ1n) is 5.78. The molecule has 0 atom stereocenters. The lowest BCUT2D eigenvalue weighted by Gasteiger charge is -2.04. The summed E-state index contributed by atoms with van der Waals surface area (Å²) in [5.41, 5.74) is 9.29. The SMILES string of the molecule is CC/C=C/Cn1ccc2c1C=C(N)C=CC2. The summed E-state index contributed by atoms with van der Waals surface area (Å²) in [6.45, 7) is 3.07. The van der Waals surface area contributed by atoms with E-state index in [9.17, 15) is 0 Å². The van der Waals surface area contributed by atoms with Crippen LogP contribution in [0.25, 0.3) is 6.08 Å². The number of fused-ring (bicyclic) bond motifs is 1. The molecule has 0 spiro atoms. The van der Waals surface area contributed by atoms with Crippen LogP contribution in [0.2, 0.25) is 0 Å². The first kappa shape index (κ1) is 10.8. The molecule has 2 N–H and O–H groups in total. The van der Waals surface area contributed by atoms with E-state index in [1.54, 1.807) is 0 Å². The maximum Gasteiger partial charge on any atom is 0.0465 e. The van der Waals surface area contributed by atoms with Gasteiger partial charge in [-0.05, 0) is 36.6 Å². The normalized spacial score (nSPS) is 14.9. The molecule has 0 saturated carbocycles. The Morgan fingerprint density at radius 2 is 2.31 bits per heavy atom. The molecule has 1 aliphatic carbocycles. The van der Waals surface area contributed by atoms with Crippen molar-refractivity contribution in [3.63, 3.8) is 0 Å². The zero-order chi connectivity index (χ0) is 11.4. The Bertz CT molecular complexity index is 447. The molecule has 2 heteroatoms. The number of hydrogen-bond donors (Lipinski definition) is 1. The van der Waals surface area contributed by atoms with Crippen LogP contribution < -0.4 is 5.73 Å². The van der Waals surface area contributed by atoms with Crippen molar-refractivity contribution in [1.82, 2.24) is 4.57 Å². The largest absolute Gasteiger partial charge is 0.399 e. The van der Waals surface area contributed by atoms with E-state index >= 15 is 0 Å². The highest BCUT2D eigenvalue weighted by atomic mass is 15.0.